The third-order valence-corrected chi connectivity index (χ3v) is 6.50. The number of rotatable bonds is 7. The molecule has 0 atom stereocenters. The Morgan fingerprint density at radius 1 is 0.938 bits per heavy atom. The number of nitrogens with zero attached hydrogens (tertiary/aromatic N) is 2. The van der Waals surface area contributed by atoms with Crippen molar-refractivity contribution in [3.8, 4) is 11.5 Å². The molecule has 8 heteroatoms. The molecule has 0 spiro atoms. The summed E-state index contributed by atoms with van der Waals surface area (Å²) in [7, 11) is 3.17. The molecule has 32 heavy (non-hydrogen) atoms. The van der Waals surface area contributed by atoms with Crippen molar-refractivity contribution in [3.63, 3.8) is 0 Å². The number of fused-ring (bicyclic) bond motifs is 3. The summed E-state index contributed by atoms with van der Waals surface area (Å²) in [5.41, 5.74) is 5.67. The lowest BCUT2D eigenvalue weighted by atomic mass is 10.2. The molecule has 0 bridgehead atoms. The number of methoxy groups -OCH3 is 2. The first kappa shape index (κ1) is 22.8. The van der Waals surface area contributed by atoms with E-state index in [1.165, 1.54) is 17.9 Å². The van der Waals surface area contributed by atoms with Gasteiger partial charge in [0.15, 0.2) is 11.5 Å². The van der Waals surface area contributed by atoms with Crippen LogP contribution in [0.4, 0.5) is 0 Å². The molecule has 6 nitrogen and oxygen atoms in total. The zero-order valence-corrected chi connectivity index (χ0v) is 21.9. The van der Waals surface area contributed by atoms with Gasteiger partial charge in [-0.25, -0.2) is 5.43 Å². The van der Waals surface area contributed by atoms with Crippen LogP contribution in [0.3, 0.4) is 0 Å². The third kappa shape index (κ3) is 4.85. The zero-order valence-electron chi connectivity index (χ0n) is 17.6. The van der Waals surface area contributed by atoms with Crippen molar-refractivity contribution in [2.45, 2.75) is 13.0 Å². The molecule has 0 radical (unpaired) electrons. The Labute approximate surface area is 213 Å². The summed E-state index contributed by atoms with van der Waals surface area (Å²) in [6.45, 7) is 0.568. The van der Waals surface area contributed by atoms with E-state index >= 15 is 0 Å². The van der Waals surface area contributed by atoms with E-state index in [-0.39, 0.29) is 5.91 Å². The third-order valence-electron chi connectivity index (χ3n) is 5.16. The van der Waals surface area contributed by atoms with Gasteiger partial charge in [-0.15, -0.1) is 0 Å². The first-order valence-electron chi connectivity index (χ1n) is 9.91. The molecule has 0 aliphatic heterocycles. The highest BCUT2D eigenvalue weighted by Gasteiger charge is 2.12. The SMILES string of the molecule is COc1ccc(C=NNC(=O)CCn2c3ccc(I)cc3c3cc(I)ccc32)cc1OC. The van der Waals surface area contributed by atoms with E-state index in [1.54, 1.807) is 32.6 Å². The molecule has 0 unspecified atom stereocenters. The summed E-state index contributed by atoms with van der Waals surface area (Å²) in [5, 5.41) is 6.50. The number of carbonyl (C=O) groups is 1. The van der Waals surface area contributed by atoms with Crippen LogP contribution in [-0.2, 0) is 11.3 Å². The number of amides is 1. The number of hydrazone groups is 1. The minimum atomic E-state index is -0.146. The quantitative estimate of drug-likeness (QED) is 0.162. The highest BCUT2D eigenvalue weighted by atomic mass is 127. The van der Waals surface area contributed by atoms with Crippen LogP contribution in [0, 0.1) is 7.14 Å². The van der Waals surface area contributed by atoms with Crippen molar-refractivity contribution in [3.05, 3.63) is 67.3 Å². The minimum absolute atomic E-state index is 0.146. The second-order valence-corrected chi connectivity index (χ2v) is 9.62. The Bertz CT molecular complexity index is 1270. The number of halogens is 2. The lowest BCUT2D eigenvalue weighted by Gasteiger charge is -2.08. The van der Waals surface area contributed by atoms with E-state index in [1.807, 2.05) is 6.07 Å². The van der Waals surface area contributed by atoms with Crippen LogP contribution in [0.5, 0.6) is 11.5 Å². The summed E-state index contributed by atoms with van der Waals surface area (Å²) < 4.78 is 15.1. The van der Waals surface area contributed by atoms with Crippen molar-refractivity contribution in [2.75, 3.05) is 14.2 Å². The summed E-state index contributed by atoms with van der Waals surface area (Å²) in [6, 6.07) is 18.3. The van der Waals surface area contributed by atoms with Gasteiger partial charge in [0.1, 0.15) is 0 Å². The molecule has 1 aromatic heterocycles. The molecule has 0 aliphatic carbocycles. The smallest absolute Gasteiger partial charge is 0.241 e. The maximum Gasteiger partial charge on any atom is 0.241 e. The predicted molar refractivity (Wildman–Crippen MR) is 145 cm³/mol. The fourth-order valence-electron chi connectivity index (χ4n) is 3.67. The number of benzene rings is 3. The molecule has 1 heterocycles. The molecule has 3 aromatic carbocycles. The van der Waals surface area contributed by atoms with E-state index in [2.05, 4.69) is 96.7 Å². The Hall–Kier alpha value is -2.34. The van der Waals surface area contributed by atoms with E-state index in [4.69, 9.17) is 9.47 Å². The number of ether oxygens (including phenoxy) is 2. The number of hydrogen-bond donors (Lipinski definition) is 1. The summed E-state index contributed by atoms with van der Waals surface area (Å²) in [6.07, 6.45) is 1.91. The molecular weight excluding hydrogens is 632 g/mol. The highest BCUT2D eigenvalue weighted by molar-refractivity contribution is 14.1. The van der Waals surface area contributed by atoms with Crippen LogP contribution in [-0.4, -0.2) is 30.9 Å². The number of nitrogens with one attached hydrogen (secondary N) is 1. The molecule has 4 aromatic rings. The molecular formula is C24H21I2N3O3. The molecule has 164 valence electrons. The summed E-state index contributed by atoms with van der Waals surface area (Å²) >= 11 is 4.67. The predicted octanol–water partition coefficient (Wildman–Crippen LogP) is 5.56. The van der Waals surface area contributed by atoms with Crippen molar-refractivity contribution >= 4 is 79.1 Å². The molecule has 1 N–H and O–H groups in total. The summed E-state index contributed by atoms with van der Waals surface area (Å²) in [5.74, 6) is 1.11. The summed E-state index contributed by atoms with van der Waals surface area (Å²) in [4.78, 5) is 12.4. The number of aromatic nitrogens is 1. The minimum Gasteiger partial charge on any atom is -0.493 e. The lowest BCUT2D eigenvalue weighted by molar-refractivity contribution is -0.121. The van der Waals surface area contributed by atoms with Crippen molar-refractivity contribution < 1.29 is 14.3 Å². The molecule has 1 amide bonds. The zero-order chi connectivity index (χ0) is 22.7. The number of carbonyl (C=O) groups excluding carboxylic acids is 1. The first-order valence-corrected chi connectivity index (χ1v) is 12.1. The van der Waals surface area contributed by atoms with Crippen molar-refractivity contribution in [1.82, 2.24) is 9.99 Å². The Morgan fingerprint density at radius 3 is 2.16 bits per heavy atom. The van der Waals surface area contributed by atoms with Gasteiger partial charge in [-0.2, -0.15) is 5.10 Å². The van der Waals surface area contributed by atoms with Crippen LogP contribution in [0.1, 0.15) is 12.0 Å². The van der Waals surface area contributed by atoms with Gasteiger partial charge < -0.3 is 14.0 Å². The highest BCUT2D eigenvalue weighted by Crippen LogP contribution is 2.31. The van der Waals surface area contributed by atoms with E-state index in [9.17, 15) is 4.79 Å². The van der Waals surface area contributed by atoms with Gasteiger partial charge in [0.05, 0.1) is 20.4 Å². The maximum absolute atomic E-state index is 12.4. The standard InChI is InChI=1S/C24H21I2N3O3/c1-31-22-8-3-15(11-23(22)32-2)14-27-28-24(30)9-10-29-20-6-4-16(25)12-18(20)19-13-17(26)5-7-21(19)29/h3-8,11-14H,9-10H2,1-2H3,(H,28,30). The fourth-order valence-corrected chi connectivity index (χ4v) is 4.65. The first-order chi connectivity index (χ1) is 15.5. The van der Waals surface area contributed by atoms with Crippen LogP contribution in [0.25, 0.3) is 21.8 Å². The van der Waals surface area contributed by atoms with Gasteiger partial charge in [0.25, 0.3) is 0 Å². The van der Waals surface area contributed by atoms with Crippen LogP contribution >= 0.6 is 45.2 Å². The van der Waals surface area contributed by atoms with Gasteiger partial charge in [0, 0.05) is 41.9 Å². The maximum atomic E-state index is 12.4. The van der Waals surface area contributed by atoms with Crippen molar-refractivity contribution in [2.24, 2.45) is 5.10 Å². The topological polar surface area (TPSA) is 64.8 Å². The molecule has 0 fully saturated rings. The average molecular weight is 653 g/mol. The Balaban J connectivity index is 1.48. The van der Waals surface area contributed by atoms with E-state index < -0.39 is 0 Å². The van der Waals surface area contributed by atoms with Gasteiger partial charge >= 0.3 is 0 Å². The average Bonchev–Trinajstić information content (AvgIpc) is 3.09. The normalized spacial score (nSPS) is 11.4. The van der Waals surface area contributed by atoms with Crippen LogP contribution in [0.2, 0.25) is 0 Å². The fraction of sp³-hybridized carbons (Fsp3) is 0.167. The Morgan fingerprint density at radius 2 is 1.56 bits per heavy atom. The molecule has 4 rings (SSSR count). The van der Waals surface area contributed by atoms with E-state index in [0.29, 0.717) is 24.5 Å². The van der Waals surface area contributed by atoms with Crippen LogP contribution in [0.15, 0.2) is 59.7 Å². The monoisotopic (exact) mass is 653 g/mol. The largest absolute Gasteiger partial charge is 0.493 e. The van der Waals surface area contributed by atoms with Gasteiger partial charge in [0.2, 0.25) is 5.91 Å². The number of hydrogen-bond acceptors (Lipinski definition) is 4. The van der Waals surface area contributed by atoms with Gasteiger partial charge in [-0.1, -0.05) is 0 Å². The van der Waals surface area contributed by atoms with Gasteiger partial charge in [-0.05, 0) is 105 Å². The van der Waals surface area contributed by atoms with Crippen molar-refractivity contribution in [1.29, 1.82) is 0 Å². The molecule has 0 saturated heterocycles. The van der Waals surface area contributed by atoms with Gasteiger partial charge in [-0.3, -0.25) is 4.79 Å². The molecule has 0 aliphatic rings. The second-order valence-electron chi connectivity index (χ2n) is 7.13. The van der Waals surface area contributed by atoms with E-state index in [0.717, 1.165) is 16.6 Å². The Kier molecular flexibility index (Phi) is 7.19. The molecule has 0 saturated carbocycles. The number of aryl methyl sites for hydroxylation is 1. The second kappa shape index (κ2) is 10.1. The lowest BCUT2D eigenvalue weighted by Crippen LogP contribution is -2.19. The van der Waals surface area contributed by atoms with Crippen LogP contribution < -0.4 is 14.9 Å².